The Kier molecular flexibility index (Phi) is 4.11. The molecule has 1 aromatic heterocycles. The van der Waals surface area contributed by atoms with Crippen molar-refractivity contribution < 1.29 is 4.92 Å². The highest BCUT2D eigenvalue weighted by Gasteiger charge is 2.09. The van der Waals surface area contributed by atoms with E-state index in [1.54, 1.807) is 30.4 Å². The number of aromatic nitrogens is 1. The second-order valence-electron chi connectivity index (χ2n) is 4.30. The van der Waals surface area contributed by atoms with Crippen molar-refractivity contribution in [3.63, 3.8) is 0 Å². The molecular weight excluding hydrogens is 262 g/mol. The highest BCUT2D eigenvalue weighted by Crippen LogP contribution is 2.21. The molecule has 2 rings (SSSR count). The van der Waals surface area contributed by atoms with Crippen LogP contribution in [-0.4, -0.2) is 16.5 Å². The Morgan fingerprint density at radius 2 is 2.21 bits per heavy atom. The average molecular weight is 277 g/mol. The molecule has 0 spiro atoms. The van der Waals surface area contributed by atoms with Crippen LogP contribution in [0, 0.1) is 24.0 Å². The molecule has 2 aromatic rings. The van der Waals surface area contributed by atoms with Gasteiger partial charge in [0.15, 0.2) is 0 Å². The number of anilines is 1. The molecule has 0 bridgehead atoms. The molecule has 0 saturated heterocycles. The van der Waals surface area contributed by atoms with Gasteiger partial charge < -0.3 is 5.32 Å². The van der Waals surface area contributed by atoms with Crippen LogP contribution in [0.4, 0.5) is 11.4 Å². The van der Waals surface area contributed by atoms with Crippen molar-refractivity contribution in [3.05, 3.63) is 50.0 Å². The number of nitrogens with zero attached hydrogens (tertiary/aromatic N) is 2. The Morgan fingerprint density at radius 1 is 1.42 bits per heavy atom. The first-order valence-electron chi connectivity index (χ1n) is 5.96. The molecule has 0 amide bonds. The number of hydrogen-bond acceptors (Lipinski definition) is 5. The highest BCUT2D eigenvalue weighted by atomic mass is 32.1. The number of nitro benzene ring substituents is 1. The van der Waals surface area contributed by atoms with Crippen molar-refractivity contribution in [2.75, 3.05) is 11.9 Å². The zero-order valence-corrected chi connectivity index (χ0v) is 11.7. The molecule has 19 heavy (non-hydrogen) atoms. The van der Waals surface area contributed by atoms with E-state index in [4.69, 9.17) is 0 Å². The second kappa shape index (κ2) is 5.79. The molecule has 1 aromatic carbocycles. The Bertz CT molecular complexity index is 595. The van der Waals surface area contributed by atoms with Crippen LogP contribution in [0.1, 0.15) is 15.4 Å². The summed E-state index contributed by atoms with van der Waals surface area (Å²) in [5, 5.41) is 15.1. The molecule has 0 aliphatic rings. The molecule has 0 atom stereocenters. The van der Waals surface area contributed by atoms with Gasteiger partial charge in [0.2, 0.25) is 0 Å². The number of nitrogens with one attached hydrogen (secondary N) is 1. The standard InChI is InChI=1S/C13H15N3O2S/c1-9-7-11(3-4-12(9)16(17)18)14-6-5-13-15-8-10(2)19-13/h3-4,7-8,14H,5-6H2,1-2H3. The van der Waals surface area contributed by atoms with Crippen LogP contribution < -0.4 is 5.32 Å². The van der Waals surface area contributed by atoms with Crippen molar-refractivity contribution in [3.8, 4) is 0 Å². The maximum Gasteiger partial charge on any atom is 0.272 e. The van der Waals surface area contributed by atoms with Gasteiger partial charge in [-0.25, -0.2) is 4.98 Å². The van der Waals surface area contributed by atoms with Crippen LogP contribution in [-0.2, 0) is 6.42 Å². The molecule has 5 nitrogen and oxygen atoms in total. The molecule has 0 aliphatic carbocycles. The van der Waals surface area contributed by atoms with Gasteiger partial charge in [-0.15, -0.1) is 11.3 Å². The van der Waals surface area contributed by atoms with Crippen molar-refractivity contribution in [1.29, 1.82) is 0 Å². The normalized spacial score (nSPS) is 10.4. The number of nitro groups is 1. The van der Waals surface area contributed by atoms with Crippen LogP contribution in [0.25, 0.3) is 0 Å². The fourth-order valence-corrected chi connectivity index (χ4v) is 2.59. The average Bonchev–Trinajstić information content (AvgIpc) is 2.75. The van der Waals surface area contributed by atoms with E-state index in [2.05, 4.69) is 10.3 Å². The minimum atomic E-state index is -0.364. The summed E-state index contributed by atoms with van der Waals surface area (Å²) in [5.74, 6) is 0. The van der Waals surface area contributed by atoms with E-state index < -0.39 is 0 Å². The first-order chi connectivity index (χ1) is 9.06. The van der Waals surface area contributed by atoms with Gasteiger partial charge in [0.25, 0.3) is 5.69 Å². The quantitative estimate of drug-likeness (QED) is 0.672. The Hall–Kier alpha value is -1.95. The third kappa shape index (κ3) is 3.51. The van der Waals surface area contributed by atoms with Gasteiger partial charge in [-0.2, -0.15) is 0 Å². The zero-order valence-electron chi connectivity index (χ0n) is 10.8. The van der Waals surface area contributed by atoms with Crippen LogP contribution in [0.3, 0.4) is 0 Å². The van der Waals surface area contributed by atoms with Crippen molar-refractivity contribution in [1.82, 2.24) is 4.98 Å². The highest BCUT2D eigenvalue weighted by molar-refractivity contribution is 7.11. The van der Waals surface area contributed by atoms with Gasteiger partial charge in [0, 0.05) is 41.4 Å². The fraction of sp³-hybridized carbons (Fsp3) is 0.308. The van der Waals surface area contributed by atoms with Crippen LogP contribution >= 0.6 is 11.3 Å². The molecule has 0 fully saturated rings. The van der Waals surface area contributed by atoms with Crippen molar-refractivity contribution in [2.45, 2.75) is 20.3 Å². The van der Waals surface area contributed by atoms with Crippen LogP contribution in [0.5, 0.6) is 0 Å². The SMILES string of the molecule is Cc1cnc(CCNc2ccc([N+](=O)[O-])c(C)c2)s1. The van der Waals surface area contributed by atoms with E-state index in [-0.39, 0.29) is 10.6 Å². The summed E-state index contributed by atoms with van der Waals surface area (Å²) in [4.78, 5) is 15.8. The van der Waals surface area contributed by atoms with Crippen molar-refractivity contribution >= 4 is 22.7 Å². The maximum atomic E-state index is 10.7. The molecule has 0 unspecified atom stereocenters. The largest absolute Gasteiger partial charge is 0.385 e. The van der Waals surface area contributed by atoms with Gasteiger partial charge in [-0.1, -0.05) is 0 Å². The van der Waals surface area contributed by atoms with Gasteiger partial charge >= 0.3 is 0 Å². The summed E-state index contributed by atoms with van der Waals surface area (Å²) in [7, 11) is 0. The third-order valence-corrected chi connectivity index (χ3v) is 3.70. The molecule has 6 heteroatoms. The van der Waals surface area contributed by atoms with E-state index in [9.17, 15) is 10.1 Å². The summed E-state index contributed by atoms with van der Waals surface area (Å²) >= 11 is 1.69. The zero-order chi connectivity index (χ0) is 13.8. The lowest BCUT2D eigenvalue weighted by atomic mass is 10.2. The number of hydrogen-bond donors (Lipinski definition) is 1. The monoisotopic (exact) mass is 277 g/mol. The maximum absolute atomic E-state index is 10.7. The second-order valence-corrected chi connectivity index (χ2v) is 5.62. The van der Waals surface area contributed by atoms with Gasteiger partial charge in [0.1, 0.15) is 0 Å². The lowest BCUT2D eigenvalue weighted by Crippen LogP contribution is -2.05. The minimum absolute atomic E-state index is 0.154. The third-order valence-electron chi connectivity index (χ3n) is 2.73. The predicted molar refractivity (Wildman–Crippen MR) is 76.9 cm³/mol. The predicted octanol–water partition coefficient (Wildman–Crippen LogP) is 3.32. The smallest absolute Gasteiger partial charge is 0.272 e. The van der Waals surface area contributed by atoms with Crippen molar-refractivity contribution in [2.24, 2.45) is 0 Å². The fourth-order valence-electron chi connectivity index (χ4n) is 1.80. The van der Waals surface area contributed by atoms with E-state index in [1.165, 1.54) is 10.9 Å². The first kappa shape index (κ1) is 13.5. The topological polar surface area (TPSA) is 68.1 Å². The summed E-state index contributed by atoms with van der Waals surface area (Å²) in [6.07, 6.45) is 2.73. The van der Waals surface area contributed by atoms with E-state index in [0.29, 0.717) is 5.56 Å². The molecule has 0 radical (unpaired) electrons. The number of aryl methyl sites for hydroxylation is 2. The summed E-state index contributed by atoms with van der Waals surface area (Å²) < 4.78 is 0. The number of benzene rings is 1. The molecule has 1 N–H and O–H groups in total. The molecule has 1 heterocycles. The summed E-state index contributed by atoms with van der Waals surface area (Å²) in [6.45, 7) is 4.55. The van der Waals surface area contributed by atoms with E-state index in [1.807, 2.05) is 13.1 Å². The lowest BCUT2D eigenvalue weighted by Gasteiger charge is -2.06. The molecule has 100 valence electrons. The molecule has 0 saturated carbocycles. The van der Waals surface area contributed by atoms with Gasteiger partial charge in [-0.3, -0.25) is 10.1 Å². The summed E-state index contributed by atoms with van der Waals surface area (Å²) in [6, 6.07) is 5.06. The lowest BCUT2D eigenvalue weighted by molar-refractivity contribution is -0.385. The van der Waals surface area contributed by atoms with Gasteiger partial charge in [-0.05, 0) is 26.0 Å². The van der Waals surface area contributed by atoms with E-state index in [0.717, 1.165) is 23.7 Å². The van der Waals surface area contributed by atoms with Gasteiger partial charge in [0.05, 0.1) is 9.93 Å². The van der Waals surface area contributed by atoms with Crippen LogP contribution in [0.2, 0.25) is 0 Å². The molecular formula is C13H15N3O2S. The Labute approximate surface area is 115 Å². The number of thiazole rings is 1. The Balaban J connectivity index is 1.93. The summed E-state index contributed by atoms with van der Waals surface area (Å²) in [5.41, 5.74) is 1.72. The number of rotatable bonds is 5. The van der Waals surface area contributed by atoms with Crippen LogP contribution in [0.15, 0.2) is 24.4 Å². The Morgan fingerprint density at radius 3 is 2.79 bits per heavy atom. The molecule has 0 aliphatic heterocycles. The first-order valence-corrected chi connectivity index (χ1v) is 6.78. The van der Waals surface area contributed by atoms with E-state index >= 15 is 0 Å². The minimum Gasteiger partial charge on any atom is -0.385 e.